The molecule has 1 unspecified atom stereocenters. The van der Waals surface area contributed by atoms with E-state index in [2.05, 4.69) is 26.7 Å². The number of amides is 2. The molecule has 1 aliphatic carbocycles. The molecule has 3 aromatic rings. The van der Waals surface area contributed by atoms with Gasteiger partial charge in [0.25, 0.3) is 11.8 Å². The second-order valence-electron chi connectivity index (χ2n) is 7.11. The topological polar surface area (TPSA) is 84.0 Å². The lowest BCUT2D eigenvalue weighted by Crippen LogP contribution is -2.23. The Labute approximate surface area is 187 Å². The minimum absolute atomic E-state index is 0.103. The van der Waals surface area contributed by atoms with Gasteiger partial charge in [0.05, 0.1) is 12.2 Å². The third-order valence-corrected chi connectivity index (χ3v) is 7.40. The lowest BCUT2D eigenvalue weighted by atomic mass is 10.0. The summed E-state index contributed by atoms with van der Waals surface area (Å²) in [6.07, 6.45) is 11.9. The second kappa shape index (κ2) is 8.49. The molecule has 0 radical (unpaired) electrons. The molecule has 1 atom stereocenters. The Morgan fingerprint density at radius 1 is 1.26 bits per heavy atom. The van der Waals surface area contributed by atoms with Gasteiger partial charge in [0.1, 0.15) is 5.01 Å². The highest BCUT2D eigenvalue weighted by Gasteiger charge is 2.28. The fourth-order valence-corrected chi connectivity index (χ4v) is 5.49. The number of hydrogen-bond donors (Lipinski definition) is 2. The lowest BCUT2D eigenvalue weighted by Gasteiger charge is -2.16. The number of pyridine rings is 1. The van der Waals surface area contributed by atoms with E-state index in [1.54, 1.807) is 42.5 Å². The third-order valence-electron chi connectivity index (χ3n) is 5.02. The highest BCUT2D eigenvalue weighted by atomic mass is 32.2. The van der Waals surface area contributed by atoms with Crippen molar-refractivity contribution in [1.29, 1.82) is 0 Å². The van der Waals surface area contributed by atoms with Crippen LogP contribution in [0.5, 0.6) is 0 Å². The Morgan fingerprint density at radius 3 is 3.06 bits per heavy atom. The number of allylic oxidation sites excluding steroid dienone is 3. The number of fused-ring (bicyclic) bond motifs is 2. The molecular weight excluding hydrogens is 428 g/mol. The average molecular weight is 447 g/mol. The first-order valence-electron chi connectivity index (χ1n) is 9.79. The number of rotatable bonds is 4. The van der Waals surface area contributed by atoms with E-state index in [0.717, 1.165) is 32.3 Å². The standard InChI is InChI=1S/C23H18N4O2S2/c28-21(25-12-16-13-26-23(30-16)15-4-3-9-24-11-15)14-7-8-20-18(10-14)27-22(29)17-5-1-2-6-19(17)31-20/h1-5,7-11,13,19H,6,12H2,(H,25,28)(H,27,29). The molecule has 154 valence electrons. The molecule has 6 nitrogen and oxygen atoms in total. The summed E-state index contributed by atoms with van der Waals surface area (Å²) in [5, 5.41) is 6.87. The van der Waals surface area contributed by atoms with Gasteiger partial charge in [0, 0.05) is 50.3 Å². The zero-order chi connectivity index (χ0) is 21.2. The van der Waals surface area contributed by atoms with Crippen LogP contribution in [0, 0.1) is 0 Å². The summed E-state index contributed by atoms with van der Waals surface area (Å²) in [5.41, 5.74) is 2.91. The van der Waals surface area contributed by atoms with E-state index in [1.165, 1.54) is 11.3 Å². The summed E-state index contributed by atoms with van der Waals surface area (Å²) < 4.78 is 0. The van der Waals surface area contributed by atoms with Crippen molar-refractivity contribution < 1.29 is 9.59 Å². The molecular formula is C23H18N4O2S2. The van der Waals surface area contributed by atoms with Crippen molar-refractivity contribution in [3.05, 3.63) is 83.2 Å². The summed E-state index contributed by atoms with van der Waals surface area (Å²) in [4.78, 5) is 35.8. The molecule has 2 N–H and O–H groups in total. The Bertz CT molecular complexity index is 1220. The van der Waals surface area contributed by atoms with Crippen molar-refractivity contribution in [3.63, 3.8) is 0 Å². The van der Waals surface area contributed by atoms with Gasteiger partial charge >= 0.3 is 0 Å². The smallest absolute Gasteiger partial charge is 0.252 e. The highest BCUT2D eigenvalue weighted by molar-refractivity contribution is 8.00. The number of carbonyl (C=O) groups is 2. The summed E-state index contributed by atoms with van der Waals surface area (Å²) in [6.45, 7) is 0.385. The molecule has 3 heterocycles. The first-order valence-corrected chi connectivity index (χ1v) is 11.5. The van der Waals surface area contributed by atoms with Crippen molar-refractivity contribution in [1.82, 2.24) is 15.3 Å². The van der Waals surface area contributed by atoms with Crippen molar-refractivity contribution in [2.24, 2.45) is 0 Å². The van der Waals surface area contributed by atoms with Gasteiger partial charge in [-0.25, -0.2) is 4.98 Å². The van der Waals surface area contributed by atoms with Gasteiger partial charge in [-0.1, -0.05) is 18.2 Å². The number of carbonyl (C=O) groups excluding carboxylic acids is 2. The van der Waals surface area contributed by atoms with Gasteiger partial charge in [-0.3, -0.25) is 14.6 Å². The molecule has 8 heteroatoms. The van der Waals surface area contributed by atoms with Gasteiger partial charge in [0.15, 0.2) is 0 Å². The Balaban J connectivity index is 1.28. The summed E-state index contributed by atoms with van der Waals surface area (Å²) in [5.74, 6) is -0.299. The van der Waals surface area contributed by atoms with Crippen LogP contribution >= 0.6 is 23.1 Å². The number of thioether (sulfide) groups is 1. The number of benzene rings is 1. The van der Waals surface area contributed by atoms with Crippen LogP contribution in [0.4, 0.5) is 5.69 Å². The maximum Gasteiger partial charge on any atom is 0.252 e. The number of nitrogens with one attached hydrogen (secondary N) is 2. The van der Waals surface area contributed by atoms with Gasteiger partial charge < -0.3 is 10.6 Å². The fourth-order valence-electron chi connectivity index (χ4n) is 3.44. The third kappa shape index (κ3) is 4.17. The normalized spacial score (nSPS) is 17.1. The second-order valence-corrected chi connectivity index (χ2v) is 9.47. The van der Waals surface area contributed by atoms with Gasteiger partial charge in [0.2, 0.25) is 0 Å². The van der Waals surface area contributed by atoms with Crippen LogP contribution in [0.3, 0.4) is 0 Å². The number of nitrogens with zero attached hydrogens (tertiary/aromatic N) is 2. The predicted octanol–water partition coefficient (Wildman–Crippen LogP) is 4.43. The van der Waals surface area contributed by atoms with Crippen LogP contribution < -0.4 is 10.6 Å². The minimum atomic E-state index is -0.194. The summed E-state index contributed by atoms with van der Waals surface area (Å²) in [6, 6.07) is 9.28. The lowest BCUT2D eigenvalue weighted by molar-refractivity contribution is -0.112. The number of thiazole rings is 1. The summed E-state index contributed by atoms with van der Waals surface area (Å²) >= 11 is 3.17. The zero-order valence-corrected chi connectivity index (χ0v) is 18.0. The van der Waals surface area contributed by atoms with E-state index < -0.39 is 0 Å². The van der Waals surface area contributed by atoms with Gasteiger partial charge in [-0.05, 0) is 36.8 Å². The molecule has 2 amide bonds. The first kappa shape index (κ1) is 19.7. The maximum atomic E-state index is 12.7. The Morgan fingerprint density at radius 2 is 2.19 bits per heavy atom. The van der Waals surface area contributed by atoms with Gasteiger partial charge in [-0.2, -0.15) is 0 Å². The number of anilines is 1. The molecule has 1 aromatic carbocycles. The average Bonchev–Trinajstić information content (AvgIpc) is 3.23. The molecule has 0 saturated heterocycles. The molecule has 0 bridgehead atoms. The quantitative estimate of drug-likeness (QED) is 0.619. The monoisotopic (exact) mass is 446 g/mol. The van der Waals surface area contributed by atoms with Crippen LogP contribution in [-0.2, 0) is 11.3 Å². The van der Waals surface area contributed by atoms with E-state index in [4.69, 9.17) is 0 Å². The fraction of sp³-hybridized carbons (Fsp3) is 0.130. The predicted molar refractivity (Wildman–Crippen MR) is 123 cm³/mol. The molecule has 5 rings (SSSR count). The molecule has 1 aliphatic heterocycles. The molecule has 2 aliphatic rings. The molecule has 0 saturated carbocycles. The van der Waals surface area contributed by atoms with Crippen LogP contribution in [0.2, 0.25) is 0 Å². The number of aromatic nitrogens is 2. The van der Waals surface area contributed by atoms with E-state index in [1.807, 2.05) is 30.4 Å². The van der Waals surface area contributed by atoms with Crippen LogP contribution in [-0.4, -0.2) is 27.0 Å². The molecule has 31 heavy (non-hydrogen) atoms. The highest BCUT2D eigenvalue weighted by Crippen LogP contribution is 2.40. The van der Waals surface area contributed by atoms with Gasteiger partial charge in [-0.15, -0.1) is 23.1 Å². The van der Waals surface area contributed by atoms with Crippen molar-refractivity contribution in [2.45, 2.75) is 23.1 Å². The Kier molecular flexibility index (Phi) is 5.40. The van der Waals surface area contributed by atoms with Crippen molar-refractivity contribution >= 4 is 40.6 Å². The van der Waals surface area contributed by atoms with Crippen LogP contribution in [0.15, 0.2) is 77.6 Å². The molecule has 0 fully saturated rings. The van der Waals surface area contributed by atoms with E-state index >= 15 is 0 Å². The Hall–Kier alpha value is -3.23. The van der Waals surface area contributed by atoms with Crippen molar-refractivity contribution in [2.75, 3.05) is 5.32 Å². The largest absolute Gasteiger partial charge is 0.347 e. The van der Waals surface area contributed by atoms with E-state index in [-0.39, 0.29) is 17.1 Å². The van der Waals surface area contributed by atoms with Crippen LogP contribution in [0.1, 0.15) is 21.7 Å². The minimum Gasteiger partial charge on any atom is -0.347 e. The van der Waals surface area contributed by atoms with Crippen molar-refractivity contribution in [3.8, 4) is 10.6 Å². The SMILES string of the molecule is O=C1Nc2cc(C(=O)NCc3cnc(-c4cccnc4)s3)ccc2SC2CC=CC=C12. The molecule has 0 spiro atoms. The first-order chi connectivity index (χ1) is 15.2. The summed E-state index contributed by atoms with van der Waals surface area (Å²) in [7, 11) is 0. The van der Waals surface area contributed by atoms with Crippen LogP contribution in [0.25, 0.3) is 10.6 Å². The zero-order valence-electron chi connectivity index (χ0n) is 16.4. The van der Waals surface area contributed by atoms with E-state index in [9.17, 15) is 9.59 Å². The molecule has 2 aromatic heterocycles. The number of hydrogen-bond acceptors (Lipinski definition) is 6. The maximum absolute atomic E-state index is 12.7. The van der Waals surface area contributed by atoms with E-state index in [0.29, 0.717) is 17.8 Å².